The molecule has 4 nitrogen and oxygen atoms in total. The number of ether oxygens (including phenoxy) is 1. The standard InChI is InChI=1S/C11H14F3N3O/c12-11(13,14)8-1-2-16-10(5-8)17-3-4-18-9(6-15)7-17/h1-2,5,9H,3-4,6-7,15H2. The number of hydrogen-bond acceptors (Lipinski definition) is 4. The molecule has 1 fully saturated rings. The van der Waals surface area contributed by atoms with Gasteiger partial charge in [-0.05, 0) is 12.1 Å². The average molecular weight is 261 g/mol. The second kappa shape index (κ2) is 5.11. The van der Waals surface area contributed by atoms with Crippen molar-refractivity contribution < 1.29 is 17.9 Å². The van der Waals surface area contributed by atoms with E-state index in [1.54, 1.807) is 4.90 Å². The predicted molar refractivity (Wildman–Crippen MR) is 60.2 cm³/mol. The van der Waals surface area contributed by atoms with Crippen molar-refractivity contribution in [2.45, 2.75) is 12.3 Å². The van der Waals surface area contributed by atoms with Gasteiger partial charge in [-0.2, -0.15) is 13.2 Å². The molecule has 0 spiro atoms. The summed E-state index contributed by atoms with van der Waals surface area (Å²) in [5, 5.41) is 0. The van der Waals surface area contributed by atoms with Crippen molar-refractivity contribution in [2.24, 2.45) is 5.73 Å². The molecular weight excluding hydrogens is 247 g/mol. The quantitative estimate of drug-likeness (QED) is 0.871. The number of nitrogens with zero attached hydrogens (tertiary/aromatic N) is 2. The van der Waals surface area contributed by atoms with Gasteiger partial charge in [0, 0.05) is 25.8 Å². The minimum absolute atomic E-state index is 0.157. The molecule has 1 aromatic rings. The van der Waals surface area contributed by atoms with Gasteiger partial charge in [-0.15, -0.1) is 0 Å². The average Bonchev–Trinajstić information content (AvgIpc) is 2.38. The third kappa shape index (κ3) is 2.91. The van der Waals surface area contributed by atoms with Crippen LogP contribution >= 0.6 is 0 Å². The molecule has 2 rings (SSSR count). The number of alkyl halides is 3. The molecule has 100 valence electrons. The molecular formula is C11H14F3N3O. The number of anilines is 1. The highest BCUT2D eigenvalue weighted by atomic mass is 19.4. The number of rotatable bonds is 2. The van der Waals surface area contributed by atoms with E-state index < -0.39 is 11.7 Å². The van der Waals surface area contributed by atoms with E-state index in [0.29, 0.717) is 32.1 Å². The summed E-state index contributed by atoms with van der Waals surface area (Å²) >= 11 is 0. The summed E-state index contributed by atoms with van der Waals surface area (Å²) in [5.74, 6) is 0.312. The molecule has 1 aliphatic heterocycles. The summed E-state index contributed by atoms with van der Waals surface area (Å²) in [6, 6.07) is 2.02. The maximum Gasteiger partial charge on any atom is 0.416 e. The SMILES string of the molecule is NCC1CN(c2cc(C(F)(F)F)ccn2)CCO1. The molecule has 0 saturated carbocycles. The molecule has 1 saturated heterocycles. The fourth-order valence-corrected chi connectivity index (χ4v) is 1.84. The molecule has 1 aromatic heterocycles. The minimum Gasteiger partial charge on any atom is -0.373 e. The lowest BCUT2D eigenvalue weighted by atomic mass is 10.2. The summed E-state index contributed by atoms with van der Waals surface area (Å²) in [7, 11) is 0. The number of nitrogens with two attached hydrogens (primary N) is 1. The second-order valence-corrected chi connectivity index (χ2v) is 4.07. The van der Waals surface area contributed by atoms with Crippen LogP contribution in [0.5, 0.6) is 0 Å². The molecule has 7 heteroatoms. The molecule has 0 bridgehead atoms. The zero-order valence-electron chi connectivity index (χ0n) is 9.65. The van der Waals surface area contributed by atoms with E-state index in [9.17, 15) is 13.2 Å². The first kappa shape index (κ1) is 13.1. The lowest BCUT2D eigenvalue weighted by molar-refractivity contribution is -0.137. The fourth-order valence-electron chi connectivity index (χ4n) is 1.84. The molecule has 2 heterocycles. The van der Waals surface area contributed by atoms with Gasteiger partial charge in [0.1, 0.15) is 5.82 Å². The Balaban J connectivity index is 2.18. The van der Waals surface area contributed by atoms with E-state index in [2.05, 4.69) is 4.98 Å². The first-order valence-corrected chi connectivity index (χ1v) is 5.60. The van der Waals surface area contributed by atoms with Gasteiger partial charge in [0.15, 0.2) is 0 Å². The van der Waals surface area contributed by atoms with Crippen LogP contribution in [-0.2, 0) is 10.9 Å². The van der Waals surface area contributed by atoms with Gasteiger partial charge < -0.3 is 15.4 Å². The van der Waals surface area contributed by atoms with E-state index in [4.69, 9.17) is 10.5 Å². The van der Waals surface area contributed by atoms with E-state index in [1.807, 2.05) is 0 Å². The summed E-state index contributed by atoms with van der Waals surface area (Å²) < 4.78 is 43.1. The maximum absolute atomic E-state index is 12.6. The van der Waals surface area contributed by atoms with Crippen LogP contribution in [0.25, 0.3) is 0 Å². The Morgan fingerprint density at radius 3 is 2.94 bits per heavy atom. The van der Waals surface area contributed by atoms with Crippen LogP contribution in [0, 0.1) is 0 Å². The monoisotopic (exact) mass is 261 g/mol. The highest BCUT2D eigenvalue weighted by Crippen LogP contribution is 2.30. The van der Waals surface area contributed by atoms with Gasteiger partial charge in [-0.1, -0.05) is 0 Å². The first-order chi connectivity index (χ1) is 8.50. The van der Waals surface area contributed by atoms with Gasteiger partial charge in [-0.25, -0.2) is 4.98 Å². The number of halogens is 3. The molecule has 0 amide bonds. The third-order valence-electron chi connectivity index (χ3n) is 2.80. The van der Waals surface area contributed by atoms with Crippen molar-refractivity contribution in [3.05, 3.63) is 23.9 Å². The zero-order valence-corrected chi connectivity index (χ0v) is 9.65. The van der Waals surface area contributed by atoms with Gasteiger partial charge in [0.05, 0.1) is 18.3 Å². The number of hydrogen-bond donors (Lipinski definition) is 1. The second-order valence-electron chi connectivity index (χ2n) is 4.07. The van der Waals surface area contributed by atoms with E-state index >= 15 is 0 Å². The van der Waals surface area contributed by atoms with Gasteiger partial charge in [0.25, 0.3) is 0 Å². The Morgan fingerprint density at radius 1 is 1.50 bits per heavy atom. The van der Waals surface area contributed by atoms with Crippen molar-refractivity contribution in [2.75, 3.05) is 31.1 Å². The Kier molecular flexibility index (Phi) is 3.72. The van der Waals surface area contributed by atoms with Crippen molar-refractivity contribution >= 4 is 5.82 Å². The van der Waals surface area contributed by atoms with Crippen molar-refractivity contribution in [1.29, 1.82) is 0 Å². The normalized spacial score (nSPS) is 21.1. The van der Waals surface area contributed by atoms with Crippen LogP contribution in [0.3, 0.4) is 0 Å². The number of aromatic nitrogens is 1. The molecule has 2 N–H and O–H groups in total. The predicted octanol–water partition coefficient (Wildman–Crippen LogP) is 1.26. The van der Waals surface area contributed by atoms with Crippen LogP contribution in [0.15, 0.2) is 18.3 Å². The smallest absolute Gasteiger partial charge is 0.373 e. The molecule has 1 unspecified atom stereocenters. The van der Waals surface area contributed by atoms with Crippen LogP contribution in [0.1, 0.15) is 5.56 Å². The molecule has 0 aliphatic carbocycles. The molecule has 1 atom stereocenters. The third-order valence-corrected chi connectivity index (χ3v) is 2.80. The van der Waals surface area contributed by atoms with Crippen LogP contribution < -0.4 is 10.6 Å². The van der Waals surface area contributed by atoms with Crippen molar-refractivity contribution in [1.82, 2.24) is 4.98 Å². The zero-order chi connectivity index (χ0) is 13.2. The van der Waals surface area contributed by atoms with Gasteiger partial charge in [0.2, 0.25) is 0 Å². The van der Waals surface area contributed by atoms with Gasteiger partial charge >= 0.3 is 6.18 Å². The Hall–Kier alpha value is -1.34. The Morgan fingerprint density at radius 2 is 2.28 bits per heavy atom. The molecule has 0 aromatic carbocycles. The lowest BCUT2D eigenvalue weighted by Gasteiger charge is -2.33. The van der Waals surface area contributed by atoms with Crippen LogP contribution in [0.2, 0.25) is 0 Å². The van der Waals surface area contributed by atoms with Crippen LogP contribution in [0.4, 0.5) is 19.0 Å². The van der Waals surface area contributed by atoms with E-state index in [-0.39, 0.29) is 6.10 Å². The van der Waals surface area contributed by atoms with E-state index in [1.165, 1.54) is 6.20 Å². The van der Waals surface area contributed by atoms with Crippen LogP contribution in [-0.4, -0.2) is 37.3 Å². The summed E-state index contributed by atoms with van der Waals surface area (Å²) in [6.07, 6.45) is -3.34. The largest absolute Gasteiger partial charge is 0.416 e. The molecule has 1 aliphatic rings. The summed E-state index contributed by atoms with van der Waals surface area (Å²) in [4.78, 5) is 5.74. The van der Waals surface area contributed by atoms with Gasteiger partial charge in [-0.3, -0.25) is 0 Å². The topological polar surface area (TPSA) is 51.4 Å². The Labute approximate surface area is 103 Å². The maximum atomic E-state index is 12.6. The Bertz CT molecular complexity index is 411. The lowest BCUT2D eigenvalue weighted by Crippen LogP contribution is -2.46. The number of pyridine rings is 1. The first-order valence-electron chi connectivity index (χ1n) is 5.60. The molecule has 0 radical (unpaired) electrons. The van der Waals surface area contributed by atoms with Crippen molar-refractivity contribution in [3.63, 3.8) is 0 Å². The molecule has 18 heavy (non-hydrogen) atoms. The van der Waals surface area contributed by atoms with E-state index in [0.717, 1.165) is 12.1 Å². The highest BCUT2D eigenvalue weighted by Gasteiger charge is 2.31. The summed E-state index contributed by atoms with van der Waals surface area (Å²) in [5.41, 5.74) is 4.80. The fraction of sp³-hybridized carbons (Fsp3) is 0.545. The highest BCUT2D eigenvalue weighted by molar-refractivity contribution is 5.42. The number of morpholine rings is 1. The summed E-state index contributed by atoms with van der Waals surface area (Å²) in [6.45, 7) is 1.77. The minimum atomic E-state index is -4.35. The van der Waals surface area contributed by atoms with Crippen molar-refractivity contribution in [3.8, 4) is 0 Å².